The van der Waals surface area contributed by atoms with Crippen LogP contribution >= 0.6 is 15.9 Å². The fourth-order valence-electron chi connectivity index (χ4n) is 1.36. The zero-order chi connectivity index (χ0) is 10.1. The number of benzene rings is 1. The number of rotatable bonds is 0. The average molecular weight is 248 g/mol. The number of fused-ring (bicyclic) bond motifs is 1. The lowest BCUT2D eigenvalue weighted by Gasteiger charge is -2.04. The highest BCUT2D eigenvalue weighted by Crippen LogP contribution is 2.30. The second-order valence-electron chi connectivity index (χ2n) is 2.86. The first-order valence-electron chi connectivity index (χ1n) is 3.96. The van der Waals surface area contributed by atoms with Gasteiger partial charge in [-0.1, -0.05) is 6.07 Å². The zero-order valence-electron chi connectivity index (χ0n) is 7.16. The van der Waals surface area contributed by atoms with E-state index in [0.717, 1.165) is 15.2 Å². The van der Waals surface area contributed by atoms with Gasteiger partial charge in [-0.05, 0) is 22.0 Å². The summed E-state index contributed by atoms with van der Waals surface area (Å²) in [6, 6.07) is 5.58. The molecule has 0 spiro atoms. The van der Waals surface area contributed by atoms with Crippen LogP contribution in [0.5, 0.6) is 0 Å². The van der Waals surface area contributed by atoms with Crippen molar-refractivity contribution in [2.24, 2.45) is 0 Å². The van der Waals surface area contributed by atoms with E-state index in [1.807, 2.05) is 12.1 Å². The quantitative estimate of drug-likeness (QED) is 0.728. The molecule has 14 heavy (non-hydrogen) atoms. The lowest BCUT2D eigenvalue weighted by atomic mass is 10.1. The molecule has 0 amide bonds. The average Bonchev–Trinajstić information content (AvgIpc) is 2.18. The molecule has 0 saturated carbocycles. The predicted molar refractivity (Wildman–Crippen MR) is 58.6 cm³/mol. The summed E-state index contributed by atoms with van der Waals surface area (Å²) in [5, 5.41) is 10.6. The third kappa shape index (κ3) is 1.22. The van der Waals surface area contributed by atoms with Crippen LogP contribution in [-0.4, -0.2) is 4.98 Å². The van der Waals surface area contributed by atoms with E-state index in [2.05, 4.69) is 20.9 Å². The summed E-state index contributed by atoms with van der Waals surface area (Å²) in [7, 11) is 0. The van der Waals surface area contributed by atoms with E-state index < -0.39 is 0 Å². The van der Waals surface area contributed by atoms with Crippen LogP contribution < -0.4 is 5.73 Å². The van der Waals surface area contributed by atoms with Crippen LogP contribution in [0.15, 0.2) is 29.0 Å². The van der Waals surface area contributed by atoms with E-state index in [4.69, 9.17) is 11.0 Å². The van der Waals surface area contributed by atoms with Crippen molar-refractivity contribution in [3.05, 3.63) is 34.6 Å². The third-order valence-electron chi connectivity index (χ3n) is 2.04. The lowest BCUT2D eigenvalue weighted by Crippen LogP contribution is -1.93. The van der Waals surface area contributed by atoms with E-state index in [9.17, 15) is 0 Å². The summed E-state index contributed by atoms with van der Waals surface area (Å²) in [6.45, 7) is 0. The van der Waals surface area contributed by atoms with Crippen LogP contribution in [0.4, 0.5) is 5.69 Å². The van der Waals surface area contributed by atoms with Gasteiger partial charge in [0, 0.05) is 27.6 Å². The monoisotopic (exact) mass is 247 g/mol. The van der Waals surface area contributed by atoms with E-state index >= 15 is 0 Å². The molecule has 3 nitrogen and oxygen atoms in total. The van der Waals surface area contributed by atoms with Gasteiger partial charge in [-0.2, -0.15) is 5.26 Å². The van der Waals surface area contributed by atoms with Crippen molar-refractivity contribution >= 4 is 32.4 Å². The van der Waals surface area contributed by atoms with Crippen molar-refractivity contribution in [1.29, 1.82) is 5.26 Å². The summed E-state index contributed by atoms with van der Waals surface area (Å²) < 4.78 is 0.810. The molecule has 1 aromatic heterocycles. The molecule has 0 fully saturated rings. The van der Waals surface area contributed by atoms with Crippen LogP contribution in [0.3, 0.4) is 0 Å². The summed E-state index contributed by atoms with van der Waals surface area (Å²) in [5.41, 5.74) is 6.84. The largest absolute Gasteiger partial charge is 0.397 e. The number of nitrogens with two attached hydrogens (primary N) is 1. The molecule has 0 aliphatic rings. The van der Waals surface area contributed by atoms with Crippen LogP contribution in [0.1, 0.15) is 5.56 Å². The molecule has 0 saturated heterocycles. The number of hydrogen-bond acceptors (Lipinski definition) is 3. The SMILES string of the molecule is N#Cc1ccc2cncc(Br)c2c1N. The fraction of sp³-hybridized carbons (Fsp3) is 0. The first kappa shape index (κ1) is 8.97. The summed E-state index contributed by atoms with van der Waals surface area (Å²) >= 11 is 3.36. The lowest BCUT2D eigenvalue weighted by molar-refractivity contribution is 1.35. The topological polar surface area (TPSA) is 62.7 Å². The minimum atomic E-state index is 0.490. The first-order chi connectivity index (χ1) is 6.74. The van der Waals surface area contributed by atoms with Crippen molar-refractivity contribution in [2.45, 2.75) is 0 Å². The Balaban J connectivity index is 2.95. The third-order valence-corrected chi connectivity index (χ3v) is 2.64. The highest BCUT2D eigenvalue weighted by atomic mass is 79.9. The molecular weight excluding hydrogens is 242 g/mol. The van der Waals surface area contributed by atoms with E-state index in [1.165, 1.54) is 0 Å². The molecular formula is C10H6BrN3. The number of pyridine rings is 1. The molecule has 68 valence electrons. The first-order valence-corrected chi connectivity index (χ1v) is 4.75. The van der Waals surface area contributed by atoms with Crippen molar-refractivity contribution in [3.8, 4) is 6.07 Å². The Bertz CT molecular complexity index is 543. The Hall–Kier alpha value is -1.60. The van der Waals surface area contributed by atoms with Crippen LogP contribution in [0.25, 0.3) is 10.8 Å². The Kier molecular flexibility index (Phi) is 2.10. The second kappa shape index (κ2) is 3.28. The van der Waals surface area contributed by atoms with E-state index in [0.29, 0.717) is 11.3 Å². The van der Waals surface area contributed by atoms with Gasteiger partial charge in [0.2, 0.25) is 0 Å². The molecule has 1 heterocycles. The minimum absolute atomic E-state index is 0.490. The molecule has 2 aromatic rings. The van der Waals surface area contributed by atoms with Gasteiger partial charge in [0.15, 0.2) is 0 Å². The Labute approximate surface area is 89.3 Å². The molecule has 0 aliphatic heterocycles. The van der Waals surface area contributed by atoms with Crippen LogP contribution in [0, 0.1) is 11.3 Å². The highest BCUT2D eigenvalue weighted by Gasteiger charge is 2.06. The Morgan fingerprint density at radius 2 is 2.14 bits per heavy atom. The van der Waals surface area contributed by atoms with Gasteiger partial charge in [0.1, 0.15) is 6.07 Å². The predicted octanol–water partition coefficient (Wildman–Crippen LogP) is 2.45. The van der Waals surface area contributed by atoms with Gasteiger partial charge >= 0.3 is 0 Å². The number of nitrogen functional groups attached to an aromatic ring is 1. The molecule has 0 atom stereocenters. The molecule has 1 aromatic carbocycles. The number of nitriles is 1. The minimum Gasteiger partial charge on any atom is -0.397 e. The van der Waals surface area contributed by atoms with Gasteiger partial charge in [-0.3, -0.25) is 4.98 Å². The van der Waals surface area contributed by atoms with Gasteiger partial charge in [0.25, 0.3) is 0 Å². The molecule has 0 aliphatic carbocycles. The highest BCUT2D eigenvalue weighted by molar-refractivity contribution is 9.10. The van der Waals surface area contributed by atoms with Crippen LogP contribution in [0.2, 0.25) is 0 Å². The molecule has 0 unspecified atom stereocenters. The maximum atomic E-state index is 8.81. The van der Waals surface area contributed by atoms with Crippen LogP contribution in [-0.2, 0) is 0 Å². The standard InChI is InChI=1S/C10H6BrN3/c11-8-5-14-4-7-2-1-6(3-12)10(13)9(7)8/h1-2,4-5H,13H2. The zero-order valence-corrected chi connectivity index (χ0v) is 8.75. The van der Waals surface area contributed by atoms with Gasteiger partial charge in [-0.15, -0.1) is 0 Å². The fourth-order valence-corrected chi connectivity index (χ4v) is 1.92. The Morgan fingerprint density at radius 3 is 2.86 bits per heavy atom. The van der Waals surface area contributed by atoms with Gasteiger partial charge < -0.3 is 5.73 Å². The molecule has 0 radical (unpaired) electrons. The Morgan fingerprint density at radius 1 is 1.36 bits per heavy atom. The summed E-state index contributed by atoms with van der Waals surface area (Å²) in [5.74, 6) is 0. The van der Waals surface area contributed by atoms with Crippen molar-refractivity contribution < 1.29 is 0 Å². The van der Waals surface area contributed by atoms with Gasteiger partial charge in [0.05, 0.1) is 11.3 Å². The molecule has 2 rings (SSSR count). The summed E-state index contributed by atoms with van der Waals surface area (Å²) in [6.07, 6.45) is 3.39. The molecule has 0 bridgehead atoms. The maximum absolute atomic E-state index is 8.81. The molecule has 4 heteroatoms. The normalized spacial score (nSPS) is 10.0. The second-order valence-corrected chi connectivity index (χ2v) is 3.71. The number of halogens is 1. The smallest absolute Gasteiger partial charge is 0.101 e. The number of nitrogens with zero attached hydrogens (tertiary/aromatic N) is 2. The maximum Gasteiger partial charge on any atom is 0.101 e. The number of aromatic nitrogens is 1. The number of hydrogen-bond donors (Lipinski definition) is 1. The van der Waals surface area contributed by atoms with Crippen molar-refractivity contribution in [2.75, 3.05) is 5.73 Å². The van der Waals surface area contributed by atoms with Gasteiger partial charge in [-0.25, -0.2) is 0 Å². The number of anilines is 1. The van der Waals surface area contributed by atoms with E-state index in [1.54, 1.807) is 18.5 Å². The van der Waals surface area contributed by atoms with Crippen molar-refractivity contribution in [1.82, 2.24) is 4.98 Å². The van der Waals surface area contributed by atoms with E-state index in [-0.39, 0.29) is 0 Å². The summed E-state index contributed by atoms with van der Waals surface area (Å²) in [4.78, 5) is 4.02. The molecule has 2 N–H and O–H groups in total. The van der Waals surface area contributed by atoms with Crippen molar-refractivity contribution in [3.63, 3.8) is 0 Å².